The second kappa shape index (κ2) is 6.03. The first-order valence-corrected chi connectivity index (χ1v) is 6.75. The number of aliphatic imine (C=N–C) groups is 1. The summed E-state index contributed by atoms with van der Waals surface area (Å²) < 4.78 is 5.24. The Labute approximate surface area is 119 Å². The summed E-state index contributed by atoms with van der Waals surface area (Å²) in [4.78, 5) is 16.5. The van der Waals surface area contributed by atoms with Crippen LogP contribution in [0.15, 0.2) is 59.4 Å². The fourth-order valence-electron chi connectivity index (χ4n) is 1.56. The summed E-state index contributed by atoms with van der Waals surface area (Å²) in [5.74, 6) is 0. The van der Waals surface area contributed by atoms with Gasteiger partial charge < -0.3 is 4.74 Å². The Morgan fingerprint density at radius 3 is 2.65 bits per heavy atom. The fourth-order valence-corrected chi connectivity index (χ4v) is 2.02. The lowest BCUT2D eigenvalue weighted by atomic mass is 10.2. The van der Waals surface area contributed by atoms with E-state index in [0.717, 1.165) is 16.9 Å². The van der Waals surface area contributed by atoms with Gasteiger partial charge in [-0.05, 0) is 24.3 Å². The molecular weight excluding hydrogens is 272 g/mol. The van der Waals surface area contributed by atoms with Crippen LogP contribution >= 0.6 is 11.3 Å². The number of hydrogen-bond acceptors (Lipinski definition) is 6. The van der Waals surface area contributed by atoms with E-state index >= 15 is 0 Å². The quantitative estimate of drug-likeness (QED) is 0.544. The molecule has 0 saturated carbocycles. The molecule has 0 saturated heterocycles. The minimum Gasteiger partial charge on any atom is -0.419 e. The van der Waals surface area contributed by atoms with E-state index in [9.17, 15) is 0 Å². The molecular formula is C14H10N4OS. The molecule has 3 rings (SSSR count). The maximum atomic E-state index is 5.24. The number of thiazole rings is 1. The molecule has 0 atom stereocenters. The van der Waals surface area contributed by atoms with Gasteiger partial charge in [0.15, 0.2) is 6.40 Å². The number of nitrogens with zero attached hydrogens (tertiary/aromatic N) is 4. The van der Waals surface area contributed by atoms with E-state index in [1.807, 2.05) is 29.6 Å². The molecule has 0 radical (unpaired) electrons. The molecule has 0 unspecified atom stereocenters. The van der Waals surface area contributed by atoms with Gasteiger partial charge in [0, 0.05) is 29.5 Å². The van der Waals surface area contributed by atoms with E-state index in [2.05, 4.69) is 19.9 Å². The van der Waals surface area contributed by atoms with Gasteiger partial charge in [-0.3, -0.25) is 9.97 Å². The highest BCUT2D eigenvalue weighted by molar-refractivity contribution is 7.11. The van der Waals surface area contributed by atoms with Crippen LogP contribution in [0.25, 0.3) is 11.3 Å². The summed E-state index contributed by atoms with van der Waals surface area (Å²) in [5, 5.41) is 2.41. The summed E-state index contributed by atoms with van der Waals surface area (Å²) in [6, 6.07) is 7.61. The molecule has 3 aromatic rings. The Balaban J connectivity index is 1.69. The van der Waals surface area contributed by atoms with Crippen LogP contribution in [0.1, 0.15) is 0 Å². The lowest BCUT2D eigenvalue weighted by Gasteiger charge is -2.00. The fraction of sp³-hybridized carbons (Fsp3) is 0. The second-order valence-electron chi connectivity index (χ2n) is 3.79. The van der Waals surface area contributed by atoms with Crippen LogP contribution in [0.4, 0.5) is 5.69 Å². The topological polar surface area (TPSA) is 60.3 Å². The van der Waals surface area contributed by atoms with E-state index in [1.54, 1.807) is 24.8 Å². The van der Waals surface area contributed by atoms with E-state index in [4.69, 9.17) is 4.74 Å². The van der Waals surface area contributed by atoms with Crippen LogP contribution in [0.2, 0.25) is 0 Å². The molecule has 0 aliphatic carbocycles. The number of rotatable bonds is 4. The summed E-state index contributed by atoms with van der Waals surface area (Å²) in [6.45, 7) is 0. The first-order chi connectivity index (χ1) is 9.92. The van der Waals surface area contributed by atoms with Gasteiger partial charge in [-0.25, -0.2) is 9.98 Å². The van der Waals surface area contributed by atoms with Gasteiger partial charge in [-0.15, -0.1) is 0 Å². The molecule has 98 valence electrons. The van der Waals surface area contributed by atoms with Gasteiger partial charge in [0.25, 0.3) is 5.19 Å². The Kier molecular flexibility index (Phi) is 3.75. The second-order valence-corrected chi connectivity index (χ2v) is 4.65. The highest BCUT2D eigenvalue weighted by atomic mass is 32.1. The lowest BCUT2D eigenvalue weighted by molar-refractivity contribution is 0.569. The van der Waals surface area contributed by atoms with Crippen molar-refractivity contribution in [3.8, 4) is 16.5 Å². The van der Waals surface area contributed by atoms with E-state index in [-0.39, 0.29) is 0 Å². The van der Waals surface area contributed by atoms with E-state index in [1.165, 1.54) is 17.7 Å². The SMILES string of the molecule is C(=Nc1ccc(-c2ccncc2)nc1)Oc1nccs1. The maximum Gasteiger partial charge on any atom is 0.279 e. The molecule has 3 heterocycles. The Morgan fingerprint density at radius 2 is 1.95 bits per heavy atom. The molecule has 0 aliphatic rings. The van der Waals surface area contributed by atoms with E-state index in [0.29, 0.717) is 5.19 Å². The van der Waals surface area contributed by atoms with Crippen LogP contribution in [0.3, 0.4) is 0 Å². The normalized spacial score (nSPS) is 10.8. The summed E-state index contributed by atoms with van der Waals surface area (Å²) in [6.07, 6.45) is 8.22. The van der Waals surface area contributed by atoms with Crippen LogP contribution in [-0.4, -0.2) is 21.4 Å². The molecule has 0 aromatic carbocycles. The van der Waals surface area contributed by atoms with Crippen LogP contribution in [0.5, 0.6) is 5.19 Å². The van der Waals surface area contributed by atoms with Crippen molar-refractivity contribution >= 4 is 23.4 Å². The first-order valence-electron chi connectivity index (χ1n) is 5.87. The Morgan fingerprint density at radius 1 is 1.05 bits per heavy atom. The molecule has 3 aromatic heterocycles. The monoisotopic (exact) mass is 282 g/mol. The van der Waals surface area contributed by atoms with Crippen molar-refractivity contribution in [1.29, 1.82) is 0 Å². The van der Waals surface area contributed by atoms with Gasteiger partial charge in [0.1, 0.15) is 0 Å². The van der Waals surface area contributed by atoms with Gasteiger partial charge in [-0.2, -0.15) is 0 Å². The predicted octanol–water partition coefficient (Wildman–Crippen LogP) is 3.34. The Bertz CT molecular complexity index is 681. The van der Waals surface area contributed by atoms with Crippen molar-refractivity contribution in [2.24, 2.45) is 4.99 Å². The van der Waals surface area contributed by atoms with Crippen molar-refractivity contribution in [1.82, 2.24) is 15.0 Å². The average molecular weight is 282 g/mol. The zero-order valence-electron chi connectivity index (χ0n) is 10.4. The standard InChI is InChI=1S/C14H10N4OS/c1-2-13(11-3-5-15-6-4-11)17-9-12(1)18-10-19-14-16-7-8-20-14/h1-10H. The van der Waals surface area contributed by atoms with Crippen molar-refractivity contribution in [3.63, 3.8) is 0 Å². The van der Waals surface area contributed by atoms with Gasteiger partial charge in [0.2, 0.25) is 0 Å². The molecule has 20 heavy (non-hydrogen) atoms. The zero-order valence-corrected chi connectivity index (χ0v) is 11.2. The minimum atomic E-state index is 0.565. The molecule has 0 spiro atoms. The van der Waals surface area contributed by atoms with Crippen LogP contribution in [-0.2, 0) is 0 Å². The summed E-state index contributed by atoms with van der Waals surface area (Å²) in [7, 11) is 0. The van der Waals surface area contributed by atoms with Gasteiger partial charge in [0.05, 0.1) is 17.6 Å². The predicted molar refractivity (Wildman–Crippen MR) is 78.4 cm³/mol. The number of aromatic nitrogens is 3. The highest BCUT2D eigenvalue weighted by Gasteiger charge is 1.98. The molecule has 0 fully saturated rings. The van der Waals surface area contributed by atoms with Crippen molar-refractivity contribution < 1.29 is 4.74 Å². The third-order valence-corrected chi connectivity index (χ3v) is 3.15. The number of ether oxygens (including phenoxy) is 1. The molecule has 0 amide bonds. The number of pyridine rings is 2. The van der Waals surface area contributed by atoms with Crippen LogP contribution in [0, 0.1) is 0 Å². The summed E-state index contributed by atoms with van der Waals surface area (Å²) >= 11 is 1.41. The van der Waals surface area contributed by atoms with Crippen molar-refractivity contribution in [2.45, 2.75) is 0 Å². The van der Waals surface area contributed by atoms with Crippen molar-refractivity contribution in [2.75, 3.05) is 0 Å². The summed E-state index contributed by atoms with van der Waals surface area (Å²) in [5.41, 5.74) is 2.63. The third-order valence-electron chi connectivity index (χ3n) is 2.49. The first kappa shape index (κ1) is 12.4. The third kappa shape index (κ3) is 3.04. The smallest absolute Gasteiger partial charge is 0.279 e. The average Bonchev–Trinajstić information content (AvgIpc) is 3.02. The largest absolute Gasteiger partial charge is 0.419 e. The lowest BCUT2D eigenvalue weighted by Crippen LogP contribution is -1.88. The maximum absolute atomic E-state index is 5.24. The van der Waals surface area contributed by atoms with Gasteiger partial charge >= 0.3 is 0 Å². The Hall–Kier alpha value is -2.60. The zero-order chi connectivity index (χ0) is 13.6. The highest BCUT2D eigenvalue weighted by Crippen LogP contribution is 2.19. The molecule has 0 bridgehead atoms. The van der Waals surface area contributed by atoms with Crippen molar-refractivity contribution in [3.05, 3.63) is 54.4 Å². The van der Waals surface area contributed by atoms with E-state index < -0.39 is 0 Å². The molecule has 0 aliphatic heterocycles. The molecule has 0 N–H and O–H groups in total. The number of hydrogen-bond donors (Lipinski definition) is 0. The van der Waals surface area contributed by atoms with Gasteiger partial charge in [-0.1, -0.05) is 11.3 Å². The minimum absolute atomic E-state index is 0.565. The van der Waals surface area contributed by atoms with Crippen LogP contribution < -0.4 is 4.74 Å². The molecule has 5 nitrogen and oxygen atoms in total. The molecule has 6 heteroatoms.